The van der Waals surface area contributed by atoms with E-state index in [2.05, 4.69) is 4.98 Å². The average molecular weight is 494 g/mol. The van der Waals surface area contributed by atoms with Crippen LogP contribution in [0.5, 0.6) is 0 Å². The molecule has 148 valence electrons. The SMILES string of the molecule is Cc1cn([C@H](CO)C(C)(C)C)c2ncc(Cc3cccc(I)c3F)cc2c1=O. The third-order valence-corrected chi connectivity index (χ3v) is 5.87. The fourth-order valence-electron chi connectivity index (χ4n) is 3.43. The van der Waals surface area contributed by atoms with Crippen molar-refractivity contribution in [3.8, 4) is 0 Å². The summed E-state index contributed by atoms with van der Waals surface area (Å²) in [5, 5.41) is 10.5. The van der Waals surface area contributed by atoms with Gasteiger partial charge in [-0.1, -0.05) is 32.9 Å². The Hall–Kier alpha value is -1.80. The number of halogens is 2. The summed E-state index contributed by atoms with van der Waals surface area (Å²) in [6.07, 6.45) is 3.81. The van der Waals surface area contributed by atoms with E-state index >= 15 is 0 Å². The van der Waals surface area contributed by atoms with Crippen LogP contribution < -0.4 is 5.43 Å². The standard InChI is InChI=1S/C22H24FIN2O2/c1-13-11-26(18(12-27)22(2,3)4)21-16(20(13)28)9-14(10-25-21)8-15-6-5-7-17(24)19(15)23/h5-7,9-11,18,27H,8,12H2,1-4H3/t18-/m1/s1. The quantitative estimate of drug-likeness (QED) is 0.539. The first-order chi connectivity index (χ1) is 13.1. The van der Waals surface area contributed by atoms with Crippen LogP contribution in [0.2, 0.25) is 0 Å². The summed E-state index contributed by atoms with van der Waals surface area (Å²) >= 11 is 1.97. The number of aryl methyl sites for hydroxylation is 1. The second-order valence-electron chi connectivity index (χ2n) is 8.22. The van der Waals surface area contributed by atoms with Crippen LogP contribution in [-0.2, 0) is 6.42 Å². The second kappa shape index (κ2) is 7.91. The fourth-order valence-corrected chi connectivity index (χ4v) is 3.99. The lowest BCUT2D eigenvalue weighted by Crippen LogP contribution is -2.29. The molecule has 4 nitrogen and oxygen atoms in total. The third kappa shape index (κ3) is 3.98. The van der Waals surface area contributed by atoms with Gasteiger partial charge in [-0.15, -0.1) is 0 Å². The van der Waals surface area contributed by atoms with Gasteiger partial charge in [-0.3, -0.25) is 4.79 Å². The molecule has 1 aromatic carbocycles. The zero-order valence-corrected chi connectivity index (χ0v) is 18.6. The van der Waals surface area contributed by atoms with E-state index < -0.39 is 0 Å². The highest BCUT2D eigenvalue weighted by molar-refractivity contribution is 14.1. The molecular formula is C22H24FIN2O2. The maximum absolute atomic E-state index is 14.4. The number of nitrogens with zero attached hydrogens (tertiary/aromatic N) is 2. The zero-order valence-electron chi connectivity index (χ0n) is 16.5. The number of pyridine rings is 2. The molecule has 2 aromatic heterocycles. The largest absolute Gasteiger partial charge is 0.394 e. The molecule has 28 heavy (non-hydrogen) atoms. The number of benzene rings is 1. The van der Waals surface area contributed by atoms with Crippen molar-refractivity contribution in [3.63, 3.8) is 0 Å². The summed E-state index contributed by atoms with van der Waals surface area (Å²) in [4.78, 5) is 17.3. The number of aliphatic hydroxyl groups excluding tert-OH is 1. The molecule has 2 heterocycles. The Morgan fingerprint density at radius 3 is 2.68 bits per heavy atom. The summed E-state index contributed by atoms with van der Waals surface area (Å²) in [7, 11) is 0. The minimum absolute atomic E-state index is 0.0575. The van der Waals surface area contributed by atoms with Crippen LogP contribution in [0.4, 0.5) is 4.39 Å². The normalized spacial score (nSPS) is 13.1. The number of hydrogen-bond acceptors (Lipinski definition) is 3. The van der Waals surface area contributed by atoms with Crippen molar-refractivity contribution in [2.75, 3.05) is 6.61 Å². The van der Waals surface area contributed by atoms with Gasteiger partial charge in [0.1, 0.15) is 11.5 Å². The highest BCUT2D eigenvalue weighted by Crippen LogP contribution is 2.32. The van der Waals surface area contributed by atoms with E-state index in [1.54, 1.807) is 37.5 Å². The van der Waals surface area contributed by atoms with Gasteiger partial charge in [0.25, 0.3) is 0 Å². The van der Waals surface area contributed by atoms with Gasteiger partial charge in [-0.2, -0.15) is 0 Å². The summed E-state index contributed by atoms with van der Waals surface area (Å²) in [6.45, 7) is 7.84. The van der Waals surface area contributed by atoms with Crippen molar-refractivity contribution in [2.45, 2.75) is 40.2 Å². The van der Waals surface area contributed by atoms with Crippen LogP contribution in [0.3, 0.4) is 0 Å². The monoisotopic (exact) mass is 494 g/mol. The molecule has 1 N–H and O–H groups in total. The van der Waals surface area contributed by atoms with Gasteiger partial charge in [-0.05, 0) is 58.2 Å². The van der Waals surface area contributed by atoms with E-state index in [9.17, 15) is 14.3 Å². The highest BCUT2D eigenvalue weighted by atomic mass is 127. The smallest absolute Gasteiger partial charge is 0.193 e. The van der Waals surface area contributed by atoms with Crippen LogP contribution >= 0.6 is 22.6 Å². The Kier molecular flexibility index (Phi) is 5.91. The van der Waals surface area contributed by atoms with Crippen molar-refractivity contribution >= 4 is 33.6 Å². The van der Waals surface area contributed by atoms with Gasteiger partial charge >= 0.3 is 0 Å². The van der Waals surface area contributed by atoms with Crippen LogP contribution in [-0.4, -0.2) is 21.3 Å². The number of aliphatic hydroxyl groups is 1. The van der Waals surface area contributed by atoms with Gasteiger partial charge in [0.2, 0.25) is 0 Å². The van der Waals surface area contributed by atoms with Gasteiger partial charge in [0.15, 0.2) is 5.43 Å². The van der Waals surface area contributed by atoms with E-state index in [4.69, 9.17) is 0 Å². The van der Waals surface area contributed by atoms with Crippen LogP contribution in [0, 0.1) is 21.7 Å². The molecule has 0 radical (unpaired) electrons. The number of rotatable bonds is 4. The summed E-state index contributed by atoms with van der Waals surface area (Å²) in [6, 6.07) is 6.87. The summed E-state index contributed by atoms with van der Waals surface area (Å²) in [5.41, 5.74) is 2.18. The molecule has 0 bridgehead atoms. The molecule has 0 spiro atoms. The molecule has 0 aliphatic rings. The lowest BCUT2D eigenvalue weighted by Gasteiger charge is -2.32. The van der Waals surface area contributed by atoms with Gasteiger partial charge < -0.3 is 9.67 Å². The van der Waals surface area contributed by atoms with Crippen LogP contribution in [0.1, 0.15) is 43.5 Å². The predicted octanol–water partition coefficient (Wildman–Crippen LogP) is 4.62. The number of hydrogen-bond donors (Lipinski definition) is 1. The topological polar surface area (TPSA) is 55.1 Å². The van der Waals surface area contributed by atoms with Crippen molar-refractivity contribution < 1.29 is 9.50 Å². The first-order valence-electron chi connectivity index (χ1n) is 9.17. The van der Waals surface area contributed by atoms with E-state index in [1.165, 1.54) is 0 Å². The molecule has 0 amide bonds. The Morgan fingerprint density at radius 1 is 1.32 bits per heavy atom. The maximum atomic E-state index is 14.4. The first-order valence-corrected chi connectivity index (χ1v) is 10.3. The average Bonchev–Trinajstić information content (AvgIpc) is 2.62. The molecule has 0 saturated heterocycles. The van der Waals surface area contributed by atoms with E-state index in [1.807, 2.05) is 54.0 Å². The Bertz CT molecular complexity index is 1090. The molecule has 3 rings (SSSR count). The van der Waals surface area contributed by atoms with Gasteiger partial charge in [0.05, 0.1) is 18.0 Å². The molecular weight excluding hydrogens is 470 g/mol. The van der Waals surface area contributed by atoms with Gasteiger partial charge in [0, 0.05) is 27.9 Å². The molecule has 3 aromatic rings. The highest BCUT2D eigenvalue weighted by Gasteiger charge is 2.27. The molecule has 0 aliphatic carbocycles. The Morgan fingerprint density at radius 2 is 2.04 bits per heavy atom. The first kappa shape index (κ1) is 20.9. The minimum Gasteiger partial charge on any atom is -0.394 e. The lowest BCUT2D eigenvalue weighted by atomic mass is 9.86. The zero-order chi connectivity index (χ0) is 20.6. The lowest BCUT2D eigenvalue weighted by molar-refractivity contribution is 0.139. The van der Waals surface area contributed by atoms with E-state index in [0.29, 0.717) is 32.2 Å². The van der Waals surface area contributed by atoms with Crippen LogP contribution in [0.25, 0.3) is 11.0 Å². The Labute approximate surface area is 177 Å². The van der Waals surface area contributed by atoms with E-state index in [-0.39, 0.29) is 29.3 Å². The fraction of sp³-hybridized carbons (Fsp3) is 0.364. The molecule has 0 unspecified atom stereocenters. The number of aromatic nitrogens is 2. The molecule has 6 heteroatoms. The van der Waals surface area contributed by atoms with Crippen LogP contribution in [0.15, 0.2) is 41.5 Å². The van der Waals surface area contributed by atoms with Crippen molar-refractivity contribution in [2.24, 2.45) is 5.41 Å². The van der Waals surface area contributed by atoms with Crippen molar-refractivity contribution in [3.05, 3.63) is 73.0 Å². The number of fused-ring (bicyclic) bond motifs is 1. The molecule has 0 aliphatic heterocycles. The summed E-state index contributed by atoms with van der Waals surface area (Å²) in [5.74, 6) is -0.238. The Balaban J connectivity index is 2.15. The predicted molar refractivity (Wildman–Crippen MR) is 118 cm³/mol. The maximum Gasteiger partial charge on any atom is 0.193 e. The minimum atomic E-state index is -0.238. The molecule has 1 atom stereocenters. The van der Waals surface area contributed by atoms with Gasteiger partial charge in [-0.25, -0.2) is 9.37 Å². The third-order valence-electron chi connectivity index (χ3n) is 5.04. The van der Waals surface area contributed by atoms with Crippen molar-refractivity contribution in [1.29, 1.82) is 0 Å². The summed E-state index contributed by atoms with van der Waals surface area (Å²) < 4.78 is 16.8. The van der Waals surface area contributed by atoms with E-state index in [0.717, 1.165) is 5.56 Å². The van der Waals surface area contributed by atoms with Crippen molar-refractivity contribution in [1.82, 2.24) is 9.55 Å². The molecule has 0 fully saturated rings. The molecule has 0 saturated carbocycles. The second-order valence-corrected chi connectivity index (χ2v) is 9.38.